The molecule has 3 aromatic carbocycles. The van der Waals surface area contributed by atoms with Crippen LogP contribution in [0.25, 0.3) is 0 Å². The Balaban J connectivity index is 1.44. The van der Waals surface area contributed by atoms with E-state index in [0.29, 0.717) is 43.6 Å². The summed E-state index contributed by atoms with van der Waals surface area (Å²) in [7, 11) is 0. The van der Waals surface area contributed by atoms with Crippen LogP contribution in [0, 0.1) is 12.8 Å². The summed E-state index contributed by atoms with van der Waals surface area (Å²) >= 11 is 0. The maximum atomic E-state index is 13.3. The van der Waals surface area contributed by atoms with E-state index in [9.17, 15) is 14.4 Å². The van der Waals surface area contributed by atoms with Crippen LogP contribution in [0.4, 0.5) is 0 Å². The molecule has 0 saturated carbocycles. The zero-order chi connectivity index (χ0) is 24.6. The second-order valence-corrected chi connectivity index (χ2v) is 9.02. The van der Waals surface area contributed by atoms with Gasteiger partial charge in [-0.2, -0.15) is 0 Å². The Morgan fingerprint density at radius 2 is 1.49 bits per heavy atom. The lowest BCUT2D eigenvalue weighted by atomic mass is 9.88. The molecule has 6 heteroatoms. The zero-order valence-corrected chi connectivity index (χ0v) is 19.9. The van der Waals surface area contributed by atoms with Crippen molar-refractivity contribution < 1.29 is 14.4 Å². The Morgan fingerprint density at radius 3 is 2.14 bits per heavy atom. The highest BCUT2D eigenvalue weighted by Crippen LogP contribution is 2.23. The summed E-state index contributed by atoms with van der Waals surface area (Å²) in [6, 6.07) is 25.5. The van der Waals surface area contributed by atoms with E-state index in [2.05, 4.69) is 10.6 Å². The number of nitrogens with zero attached hydrogens (tertiary/aromatic N) is 1. The third-order valence-corrected chi connectivity index (χ3v) is 6.48. The molecule has 1 aliphatic rings. The van der Waals surface area contributed by atoms with Gasteiger partial charge in [-0.25, -0.2) is 0 Å². The minimum absolute atomic E-state index is 0.00514. The predicted molar refractivity (Wildman–Crippen MR) is 136 cm³/mol. The lowest BCUT2D eigenvalue weighted by Crippen LogP contribution is -2.53. The molecule has 1 saturated heterocycles. The van der Waals surface area contributed by atoms with Gasteiger partial charge in [-0.1, -0.05) is 66.2 Å². The molecule has 35 heavy (non-hydrogen) atoms. The first-order chi connectivity index (χ1) is 17.0. The molecule has 0 unspecified atom stereocenters. The molecule has 0 bridgehead atoms. The van der Waals surface area contributed by atoms with Crippen molar-refractivity contribution in [1.82, 2.24) is 15.5 Å². The molecule has 1 fully saturated rings. The molecule has 2 N–H and O–H groups in total. The number of hydrogen-bond acceptors (Lipinski definition) is 3. The molecule has 0 aromatic heterocycles. The molecule has 6 nitrogen and oxygen atoms in total. The van der Waals surface area contributed by atoms with Crippen LogP contribution < -0.4 is 10.6 Å². The van der Waals surface area contributed by atoms with Crippen molar-refractivity contribution in [3.05, 3.63) is 107 Å². The van der Waals surface area contributed by atoms with Crippen molar-refractivity contribution in [2.24, 2.45) is 5.92 Å². The molecule has 4 rings (SSSR count). The smallest absolute Gasteiger partial charge is 0.253 e. The van der Waals surface area contributed by atoms with Crippen molar-refractivity contribution in [3.8, 4) is 0 Å². The first-order valence-electron chi connectivity index (χ1n) is 12.0. The summed E-state index contributed by atoms with van der Waals surface area (Å²) in [4.78, 5) is 41.0. The summed E-state index contributed by atoms with van der Waals surface area (Å²) in [5.74, 6) is -0.545. The van der Waals surface area contributed by atoms with E-state index in [1.54, 1.807) is 24.3 Å². The standard InChI is InChI=1S/C29H31N3O3/c1-21-9-8-14-25(19-21)29(35)32-17-15-23(16-18-32)26(31-27(33)24-12-6-3-7-13-24)28(34)30-20-22-10-4-2-5-11-22/h2-14,19,23,26H,15-18,20H2,1H3,(H,30,34)(H,31,33)/t26-/m1/s1. The molecule has 0 radical (unpaired) electrons. The molecule has 0 spiro atoms. The third-order valence-electron chi connectivity index (χ3n) is 6.48. The Hall–Kier alpha value is -3.93. The Bertz CT molecular complexity index is 1160. The summed E-state index contributed by atoms with van der Waals surface area (Å²) in [6.45, 7) is 3.45. The average molecular weight is 470 g/mol. The molecule has 180 valence electrons. The van der Waals surface area contributed by atoms with Crippen LogP contribution in [-0.4, -0.2) is 41.8 Å². The molecular formula is C29H31N3O3. The number of likely N-dealkylation sites (tertiary alicyclic amines) is 1. The molecule has 1 aliphatic heterocycles. The van der Waals surface area contributed by atoms with Crippen LogP contribution in [0.5, 0.6) is 0 Å². The van der Waals surface area contributed by atoms with Crippen LogP contribution in [-0.2, 0) is 11.3 Å². The van der Waals surface area contributed by atoms with E-state index in [4.69, 9.17) is 0 Å². The van der Waals surface area contributed by atoms with E-state index in [-0.39, 0.29) is 23.6 Å². The number of carbonyl (C=O) groups excluding carboxylic acids is 3. The number of nitrogens with one attached hydrogen (secondary N) is 2. The van der Waals surface area contributed by atoms with Gasteiger partial charge in [-0.15, -0.1) is 0 Å². The minimum Gasteiger partial charge on any atom is -0.350 e. The molecule has 3 amide bonds. The Labute approximate surface area is 206 Å². The number of amides is 3. The highest BCUT2D eigenvalue weighted by molar-refractivity contribution is 5.97. The third kappa shape index (κ3) is 6.35. The number of benzene rings is 3. The van der Waals surface area contributed by atoms with Gasteiger partial charge in [0.1, 0.15) is 6.04 Å². The van der Waals surface area contributed by atoms with Crippen molar-refractivity contribution in [3.63, 3.8) is 0 Å². The van der Waals surface area contributed by atoms with Gasteiger partial charge in [0.2, 0.25) is 5.91 Å². The topological polar surface area (TPSA) is 78.5 Å². The highest BCUT2D eigenvalue weighted by atomic mass is 16.2. The van der Waals surface area contributed by atoms with E-state index in [1.165, 1.54) is 0 Å². The monoisotopic (exact) mass is 469 g/mol. The van der Waals surface area contributed by atoms with Gasteiger partial charge in [0.05, 0.1) is 0 Å². The largest absolute Gasteiger partial charge is 0.350 e. The van der Waals surface area contributed by atoms with Crippen LogP contribution in [0.3, 0.4) is 0 Å². The van der Waals surface area contributed by atoms with E-state index in [0.717, 1.165) is 11.1 Å². The summed E-state index contributed by atoms with van der Waals surface area (Å²) in [5.41, 5.74) is 3.23. The lowest BCUT2D eigenvalue weighted by Gasteiger charge is -2.36. The lowest BCUT2D eigenvalue weighted by molar-refractivity contribution is -0.124. The van der Waals surface area contributed by atoms with Gasteiger partial charge < -0.3 is 15.5 Å². The van der Waals surface area contributed by atoms with Gasteiger partial charge >= 0.3 is 0 Å². The van der Waals surface area contributed by atoms with E-state index >= 15 is 0 Å². The SMILES string of the molecule is Cc1cccc(C(=O)N2CCC([C@@H](NC(=O)c3ccccc3)C(=O)NCc3ccccc3)CC2)c1. The maximum Gasteiger partial charge on any atom is 0.253 e. The van der Waals surface area contributed by atoms with E-state index < -0.39 is 6.04 Å². The van der Waals surface area contributed by atoms with Crippen molar-refractivity contribution in [1.29, 1.82) is 0 Å². The number of hydrogen-bond donors (Lipinski definition) is 2. The maximum absolute atomic E-state index is 13.3. The number of aryl methyl sites for hydroxylation is 1. The van der Waals surface area contributed by atoms with Gasteiger partial charge in [0.25, 0.3) is 11.8 Å². The van der Waals surface area contributed by atoms with Crippen molar-refractivity contribution in [2.45, 2.75) is 32.4 Å². The minimum atomic E-state index is -0.678. The fourth-order valence-corrected chi connectivity index (χ4v) is 4.50. The quantitative estimate of drug-likeness (QED) is 0.550. The Kier molecular flexibility index (Phi) is 7.93. The number of carbonyl (C=O) groups is 3. The highest BCUT2D eigenvalue weighted by Gasteiger charge is 2.34. The Morgan fingerprint density at radius 1 is 0.857 bits per heavy atom. The molecule has 0 aliphatic carbocycles. The van der Waals surface area contributed by atoms with Gasteiger partial charge in [-0.05, 0) is 55.5 Å². The fraction of sp³-hybridized carbons (Fsp3) is 0.276. The van der Waals surface area contributed by atoms with Gasteiger partial charge in [-0.3, -0.25) is 14.4 Å². The van der Waals surface area contributed by atoms with E-state index in [1.807, 2.05) is 72.5 Å². The van der Waals surface area contributed by atoms with Gasteiger partial charge in [0, 0.05) is 30.8 Å². The van der Waals surface area contributed by atoms with Crippen molar-refractivity contribution >= 4 is 17.7 Å². The van der Waals surface area contributed by atoms with Crippen molar-refractivity contribution in [2.75, 3.05) is 13.1 Å². The normalized spacial score (nSPS) is 14.7. The van der Waals surface area contributed by atoms with Gasteiger partial charge in [0.15, 0.2) is 0 Å². The number of rotatable bonds is 7. The van der Waals surface area contributed by atoms with Crippen LogP contribution in [0.15, 0.2) is 84.9 Å². The summed E-state index contributed by atoms with van der Waals surface area (Å²) < 4.78 is 0. The summed E-state index contributed by atoms with van der Waals surface area (Å²) in [5, 5.41) is 5.95. The fourth-order valence-electron chi connectivity index (χ4n) is 4.50. The van der Waals surface area contributed by atoms with Crippen LogP contribution in [0.1, 0.15) is 44.7 Å². The molecular weight excluding hydrogens is 438 g/mol. The molecule has 1 atom stereocenters. The molecule has 1 heterocycles. The molecule has 3 aromatic rings. The van der Waals surface area contributed by atoms with Crippen LogP contribution >= 0.6 is 0 Å². The number of piperidine rings is 1. The first-order valence-corrected chi connectivity index (χ1v) is 12.0. The first kappa shape index (κ1) is 24.2. The van der Waals surface area contributed by atoms with Crippen LogP contribution in [0.2, 0.25) is 0 Å². The summed E-state index contributed by atoms with van der Waals surface area (Å²) in [6.07, 6.45) is 1.27. The zero-order valence-electron chi connectivity index (χ0n) is 19.9. The predicted octanol–water partition coefficient (Wildman–Crippen LogP) is 3.96. The second kappa shape index (κ2) is 11.5. The average Bonchev–Trinajstić information content (AvgIpc) is 2.91. The second-order valence-electron chi connectivity index (χ2n) is 9.02.